The van der Waals surface area contributed by atoms with Gasteiger partial charge < -0.3 is 14.7 Å². The number of benzene rings is 3. The number of hydrogen-bond acceptors (Lipinski definition) is 4. The van der Waals surface area contributed by atoms with E-state index in [1.165, 1.54) is 6.07 Å². The van der Waals surface area contributed by atoms with Crippen LogP contribution in [0.15, 0.2) is 60.7 Å². The predicted octanol–water partition coefficient (Wildman–Crippen LogP) is 6.31. The Labute approximate surface area is 240 Å². The molecule has 1 fully saturated rings. The molecule has 1 aliphatic rings. The number of rotatable bonds is 11. The molecule has 1 atom stereocenters. The molecule has 1 aliphatic heterocycles. The summed E-state index contributed by atoms with van der Waals surface area (Å²) in [4.78, 5) is 17.6. The van der Waals surface area contributed by atoms with E-state index >= 15 is 0 Å². The fourth-order valence-electron chi connectivity index (χ4n) is 5.53. The third-order valence-electron chi connectivity index (χ3n) is 7.55. The van der Waals surface area contributed by atoms with E-state index in [4.69, 9.17) is 16.3 Å². The zero-order valence-electron chi connectivity index (χ0n) is 23.1. The zero-order chi connectivity index (χ0) is 28.7. The summed E-state index contributed by atoms with van der Waals surface area (Å²) in [7, 11) is 0. The van der Waals surface area contributed by atoms with Crippen molar-refractivity contribution in [2.24, 2.45) is 5.41 Å². The molecule has 1 saturated heterocycles. The summed E-state index contributed by atoms with van der Waals surface area (Å²) in [6, 6.07) is 17.5. The van der Waals surface area contributed by atoms with Crippen molar-refractivity contribution in [3.8, 4) is 5.75 Å². The van der Waals surface area contributed by atoms with E-state index in [1.807, 2.05) is 56.3 Å². The minimum Gasteiger partial charge on any atom is -0.493 e. The van der Waals surface area contributed by atoms with Gasteiger partial charge in [-0.25, -0.2) is 8.78 Å². The molecule has 40 heavy (non-hydrogen) atoms. The first-order valence-electron chi connectivity index (χ1n) is 13.7. The van der Waals surface area contributed by atoms with Crippen molar-refractivity contribution in [3.63, 3.8) is 0 Å². The molecule has 0 aromatic heterocycles. The maximum atomic E-state index is 13.9. The summed E-state index contributed by atoms with van der Waals surface area (Å²) in [5, 5.41) is 10.4. The second kappa shape index (κ2) is 13.6. The lowest BCUT2D eigenvalue weighted by Gasteiger charge is -2.43. The van der Waals surface area contributed by atoms with Gasteiger partial charge in [-0.2, -0.15) is 0 Å². The molecule has 3 aromatic carbocycles. The maximum absolute atomic E-state index is 13.9. The first-order chi connectivity index (χ1) is 19.2. The Hall–Kier alpha value is -3.00. The number of carbonyl (C=O) groups is 1. The van der Waals surface area contributed by atoms with E-state index in [1.54, 1.807) is 11.0 Å². The molecule has 214 valence electrons. The molecule has 3 aromatic rings. The fourth-order valence-corrected chi connectivity index (χ4v) is 5.64. The Bertz CT molecular complexity index is 1280. The molecular weight excluding hydrogens is 534 g/mol. The summed E-state index contributed by atoms with van der Waals surface area (Å²) in [6.07, 6.45) is 1.84. The van der Waals surface area contributed by atoms with Crippen LogP contribution in [0.4, 0.5) is 8.78 Å². The van der Waals surface area contributed by atoms with Crippen LogP contribution in [-0.4, -0.2) is 53.7 Å². The van der Waals surface area contributed by atoms with Crippen molar-refractivity contribution in [1.29, 1.82) is 0 Å². The minimum absolute atomic E-state index is 0.0559. The molecule has 8 heteroatoms. The smallest absolute Gasteiger partial charge is 0.223 e. The largest absolute Gasteiger partial charge is 0.493 e. The predicted molar refractivity (Wildman–Crippen MR) is 153 cm³/mol. The van der Waals surface area contributed by atoms with E-state index in [0.29, 0.717) is 42.6 Å². The van der Waals surface area contributed by atoms with Gasteiger partial charge in [-0.05, 0) is 79.8 Å². The van der Waals surface area contributed by atoms with Crippen molar-refractivity contribution in [1.82, 2.24) is 9.80 Å². The number of aliphatic hydroxyl groups excluding tert-OH is 1. The highest BCUT2D eigenvalue weighted by atomic mass is 35.5. The average molecular weight is 571 g/mol. The van der Waals surface area contributed by atoms with Crippen LogP contribution in [0.3, 0.4) is 0 Å². The Morgan fingerprint density at radius 1 is 1.05 bits per heavy atom. The lowest BCUT2D eigenvalue weighted by Crippen LogP contribution is -2.49. The first kappa shape index (κ1) is 30.0. The molecular formula is C32H37ClF2N2O3. The van der Waals surface area contributed by atoms with Gasteiger partial charge in [0.2, 0.25) is 5.91 Å². The summed E-state index contributed by atoms with van der Waals surface area (Å²) in [5.74, 6) is -1.10. The molecule has 0 saturated carbocycles. The third-order valence-corrected chi connectivity index (χ3v) is 8.15. The summed E-state index contributed by atoms with van der Waals surface area (Å²) in [5.41, 5.74) is 2.99. The molecule has 4 rings (SSSR count). The van der Waals surface area contributed by atoms with Crippen LogP contribution in [0.2, 0.25) is 5.02 Å². The van der Waals surface area contributed by atoms with Crippen molar-refractivity contribution in [3.05, 3.63) is 99.6 Å². The minimum atomic E-state index is -0.869. The zero-order valence-corrected chi connectivity index (χ0v) is 23.9. The number of ether oxygens (including phenoxy) is 1. The van der Waals surface area contributed by atoms with Crippen molar-refractivity contribution < 1.29 is 23.4 Å². The monoisotopic (exact) mass is 570 g/mol. The molecule has 0 spiro atoms. The van der Waals surface area contributed by atoms with Gasteiger partial charge in [0.15, 0.2) is 11.6 Å². The molecule has 0 aliphatic carbocycles. The molecule has 1 amide bonds. The SMILES string of the molecule is Cc1cc(OCC2(CC(=O)N(CCO)Cc3ccccc3)CCCN(Cc3ccc(F)c(F)c3)C2)cc(C)c1Cl. The van der Waals surface area contributed by atoms with Crippen LogP contribution >= 0.6 is 11.6 Å². The van der Waals surface area contributed by atoms with Crippen LogP contribution < -0.4 is 4.74 Å². The van der Waals surface area contributed by atoms with Crippen molar-refractivity contribution >= 4 is 17.5 Å². The van der Waals surface area contributed by atoms with Crippen LogP contribution in [0.25, 0.3) is 0 Å². The molecule has 0 bridgehead atoms. The highest BCUT2D eigenvalue weighted by Crippen LogP contribution is 2.37. The topological polar surface area (TPSA) is 53.0 Å². The van der Waals surface area contributed by atoms with Crippen LogP contribution in [-0.2, 0) is 17.9 Å². The van der Waals surface area contributed by atoms with Gasteiger partial charge in [-0.15, -0.1) is 0 Å². The second-order valence-electron chi connectivity index (χ2n) is 10.9. The number of carbonyl (C=O) groups excluding carboxylic acids is 1. The lowest BCUT2D eigenvalue weighted by atomic mass is 9.77. The number of halogens is 3. The van der Waals surface area contributed by atoms with Gasteiger partial charge in [0.05, 0.1) is 13.2 Å². The van der Waals surface area contributed by atoms with E-state index in [-0.39, 0.29) is 25.5 Å². The molecule has 1 heterocycles. The highest BCUT2D eigenvalue weighted by molar-refractivity contribution is 6.32. The fraction of sp³-hybridized carbons (Fsp3) is 0.406. The highest BCUT2D eigenvalue weighted by Gasteiger charge is 2.39. The Morgan fingerprint density at radius 2 is 1.77 bits per heavy atom. The first-order valence-corrected chi connectivity index (χ1v) is 14.0. The standard InChI is InChI=1S/C32H37ClF2N2O3/c1-23-15-27(16-24(2)31(23)33)40-22-32(18-30(39)37(13-14-38)20-25-7-4-3-5-8-25)11-6-12-36(21-32)19-26-9-10-28(34)29(35)17-26/h3-5,7-10,15-17,38H,6,11-14,18-22H2,1-2H3. The van der Waals surface area contributed by atoms with Crippen molar-refractivity contribution in [2.45, 2.75) is 46.2 Å². The van der Waals surface area contributed by atoms with Gasteiger partial charge in [0.1, 0.15) is 5.75 Å². The quantitative estimate of drug-likeness (QED) is 0.294. The number of likely N-dealkylation sites (tertiary alicyclic amines) is 1. The second-order valence-corrected chi connectivity index (χ2v) is 11.3. The Morgan fingerprint density at radius 3 is 2.45 bits per heavy atom. The average Bonchev–Trinajstić information content (AvgIpc) is 2.93. The lowest BCUT2D eigenvalue weighted by molar-refractivity contribution is -0.137. The van der Waals surface area contributed by atoms with Gasteiger partial charge in [0.25, 0.3) is 0 Å². The van der Waals surface area contributed by atoms with Crippen LogP contribution in [0.1, 0.15) is 41.5 Å². The molecule has 1 N–H and O–H groups in total. The van der Waals surface area contributed by atoms with E-state index in [0.717, 1.165) is 42.1 Å². The van der Waals surface area contributed by atoms with Crippen LogP contribution in [0, 0.1) is 30.9 Å². The van der Waals surface area contributed by atoms with Gasteiger partial charge in [0, 0.05) is 43.0 Å². The van der Waals surface area contributed by atoms with Gasteiger partial charge >= 0.3 is 0 Å². The number of aryl methyl sites for hydroxylation is 2. The van der Waals surface area contributed by atoms with Crippen LogP contribution in [0.5, 0.6) is 5.75 Å². The van der Waals surface area contributed by atoms with Gasteiger partial charge in [-0.3, -0.25) is 9.69 Å². The summed E-state index contributed by atoms with van der Waals surface area (Å²) < 4.78 is 33.8. The van der Waals surface area contributed by atoms with Crippen molar-refractivity contribution in [2.75, 3.05) is 32.8 Å². The van der Waals surface area contributed by atoms with E-state index in [9.17, 15) is 18.7 Å². The van der Waals surface area contributed by atoms with Gasteiger partial charge in [-0.1, -0.05) is 48.0 Å². The number of hydrogen-bond donors (Lipinski definition) is 1. The molecule has 1 unspecified atom stereocenters. The number of aliphatic hydroxyl groups is 1. The molecule has 5 nitrogen and oxygen atoms in total. The summed E-state index contributed by atoms with van der Waals surface area (Å²) >= 11 is 6.36. The number of nitrogens with zero attached hydrogens (tertiary/aromatic N) is 2. The third kappa shape index (κ3) is 7.80. The summed E-state index contributed by atoms with van der Waals surface area (Å²) in [6.45, 7) is 6.46. The van der Waals surface area contributed by atoms with E-state index in [2.05, 4.69) is 4.90 Å². The Kier molecular flexibility index (Phi) is 10.2. The Balaban J connectivity index is 1.56. The maximum Gasteiger partial charge on any atom is 0.223 e. The van der Waals surface area contributed by atoms with E-state index < -0.39 is 17.0 Å². The number of piperidine rings is 1. The normalized spacial score (nSPS) is 17.6. The molecule has 0 radical (unpaired) electrons. The number of amides is 1.